The molecule has 2 atom stereocenters. The van der Waals surface area contributed by atoms with Crippen molar-refractivity contribution in [2.24, 2.45) is 0 Å². The van der Waals surface area contributed by atoms with E-state index < -0.39 is 0 Å². The summed E-state index contributed by atoms with van der Waals surface area (Å²) >= 11 is 7.62. The molecule has 0 radical (unpaired) electrons. The minimum absolute atomic E-state index is 0.556. The standard InChI is InChI=1S/C20H25N5S2/c26-20-24-12-5-1-2-10-18(24)22-25(20)14-23-11-6-7-15(13-23)19-21-16-8-3-4-9-17(16)27-19/h3-4,8-9,15H,1-2,5-7,10-14H2/p+1/t15-/m0/s1. The average molecular weight is 401 g/mol. The van der Waals surface area contributed by atoms with Crippen molar-refractivity contribution in [1.82, 2.24) is 19.3 Å². The number of thiazole rings is 1. The number of fused-ring (bicyclic) bond motifs is 2. The fourth-order valence-electron chi connectivity index (χ4n) is 4.51. The Morgan fingerprint density at radius 2 is 2.11 bits per heavy atom. The number of benzene rings is 1. The molecule has 1 aromatic carbocycles. The molecule has 2 aliphatic heterocycles. The highest BCUT2D eigenvalue weighted by atomic mass is 32.1. The summed E-state index contributed by atoms with van der Waals surface area (Å²) in [5, 5.41) is 6.18. The van der Waals surface area contributed by atoms with Crippen molar-refractivity contribution in [2.75, 3.05) is 13.1 Å². The van der Waals surface area contributed by atoms with E-state index in [9.17, 15) is 0 Å². The van der Waals surface area contributed by atoms with E-state index in [0.29, 0.717) is 5.92 Å². The normalized spacial score (nSPS) is 23.3. The zero-order valence-electron chi connectivity index (χ0n) is 15.6. The third-order valence-corrected chi connectivity index (χ3v) is 7.56. The van der Waals surface area contributed by atoms with Crippen molar-refractivity contribution in [2.45, 2.75) is 57.7 Å². The molecule has 2 aliphatic rings. The van der Waals surface area contributed by atoms with Crippen LogP contribution >= 0.6 is 23.6 Å². The number of nitrogens with one attached hydrogen (secondary N) is 1. The second-order valence-electron chi connectivity index (χ2n) is 7.88. The molecule has 3 aromatic rings. The number of likely N-dealkylation sites (tertiary alicyclic amines) is 1. The highest BCUT2D eigenvalue weighted by molar-refractivity contribution is 7.71. The van der Waals surface area contributed by atoms with Gasteiger partial charge in [-0.15, -0.1) is 11.3 Å². The average Bonchev–Trinajstić information content (AvgIpc) is 3.15. The number of para-hydroxylation sites is 1. The van der Waals surface area contributed by atoms with Gasteiger partial charge in [-0.05, 0) is 50.0 Å². The van der Waals surface area contributed by atoms with E-state index in [1.807, 2.05) is 11.3 Å². The summed E-state index contributed by atoms with van der Waals surface area (Å²) < 4.78 is 6.59. The van der Waals surface area contributed by atoms with E-state index in [-0.39, 0.29) is 0 Å². The van der Waals surface area contributed by atoms with E-state index in [1.165, 1.54) is 54.2 Å². The molecule has 1 N–H and O–H groups in total. The highest BCUT2D eigenvalue weighted by Gasteiger charge is 2.28. The van der Waals surface area contributed by atoms with Gasteiger partial charge >= 0.3 is 0 Å². The molecule has 5 nitrogen and oxygen atoms in total. The van der Waals surface area contributed by atoms with Crippen LogP contribution < -0.4 is 4.90 Å². The first-order chi connectivity index (χ1) is 13.3. The van der Waals surface area contributed by atoms with Crippen LogP contribution in [0, 0.1) is 4.77 Å². The summed E-state index contributed by atoms with van der Waals surface area (Å²) in [7, 11) is 0. The quantitative estimate of drug-likeness (QED) is 0.687. The van der Waals surface area contributed by atoms with Crippen LogP contribution in [0.3, 0.4) is 0 Å². The summed E-state index contributed by atoms with van der Waals surface area (Å²) in [5.41, 5.74) is 1.14. The van der Waals surface area contributed by atoms with Crippen LogP contribution in [-0.4, -0.2) is 32.4 Å². The highest BCUT2D eigenvalue weighted by Crippen LogP contribution is 2.30. The summed E-state index contributed by atoms with van der Waals surface area (Å²) in [5.74, 6) is 1.75. The number of nitrogens with zero attached hydrogens (tertiary/aromatic N) is 4. The first-order valence-corrected chi connectivity index (χ1v) is 11.4. The Kier molecular flexibility index (Phi) is 4.83. The number of rotatable bonds is 3. The minimum atomic E-state index is 0.556. The van der Waals surface area contributed by atoms with Gasteiger partial charge in [-0.3, -0.25) is 0 Å². The van der Waals surface area contributed by atoms with Gasteiger partial charge in [-0.2, -0.15) is 9.78 Å². The predicted molar refractivity (Wildman–Crippen MR) is 111 cm³/mol. The third kappa shape index (κ3) is 3.48. The van der Waals surface area contributed by atoms with Gasteiger partial charge in [-0.25, -0.2) is 4.98 Å². The van der Waals surface area contributed by atoms with E-state index >= 15 is 0 Å². The smallest absolute Gasteiger partial charge is 0.202 e. The van der Waals surface area contributed by atoms with Crippen molar-refractivity contribution in [3.63, 3.8) is 0 Å². The van der Waals surface area contributed by atoms with Gasteiger partial charge in [0.25, 0.3) is 0 Å². The maximum absolute atomic E-state index is 5.75. The zero-order valence-corrected chi connectivity index (χ0v) is 17.2. The fourth-order valence-corrected chi connectivity index (χ4v) is 5.91. The van der Waals surface area contributed by atoms with E-state index in [2.05, 4.69) is 33.5 Å². The number of quaternary nitrogens is 1. The van der Waals surface area contributed by atoms with Crippen LogP contribution in [0.15, 0.2) is 24.3 Å². The Morgan fingerprint density at radius 3 is 3.04 bits per heavy atom. The first kappa shape index (κ1) is 17.5. The van der Waals surface area contributed by atoms with Crippen LogP contribution in [0.1, 0.15) is 48.9 Å². The van der Waals surface area contributed by atoms with Gasteiger partial charge in [0.05, 0.1) is 29.2 Å². The molecular weight excluding hydrogens is 374 g/mol. The van der Waals surface area contributed by atoms with Gasteiger partial charge in [0, 0.05) is 13.0 Å². The van der Waals surface area contributed by atoms with Crippen molar-refractivity contribution < 1.29 is 4.90 Å². The van der Waals surface area contributed by atoms with Gasteiger partial charge in [0.1, 0.15) is 10.8 Å². The lowest BCUT2D eigenvalue weighted by Crippen LogP contribution is -3.12. The summed E-state index contributed by atoms with van der Waals surface area (Å²) in [4.78, 5) is 6.50. The molecule has 142 valence electrons. The lowest BCUT2D eigenvalue weighted by Gasteiger charge is -2.28. The Balaban J connectivity index is 1.33. The van der Waals surface area contributed by atoms with Crippen LogP contribution in [-0.2, 0) is 19.6 Å². The molecule has 27 heavy (non-hydrogen) atoms. The molecule has 1 saturated heterocycles. The van der Waals surface area contributed by atoms with Crippen molar-refractivity contribution in [1.29, 1.82) is 0 Å². The van der Waals surface area contributed by atoms with Crippen molar-refractivity contribution in [3.05, 3.63) is 39.9 Å². The molecule has 0 aliphatic carbocycles. The SMILES string of the molecule is S=c1n(C[NH+]2CCC[C@H](c3nc4ccccc4s3)C2)nc2n1CCCCC2. The van der Waals surface area contributed by atoms with Gasteiger partial charge < -0.3 is 9.47 Å². The lowest BCUT2D eigenvalue weighted by molar-refractivity contribution is -0.929. The molecule has 7 heteroatoms. The maximum Gasteiger partial charge on any atom is 0.202 e. The fraction of sp³-hybridized carbons (Fsp3) is 0.550. The lowest BCUT2D eigenvalue weighted by atomic mass is 9.99. The van der Waals surface area contributed by atoms with E-state index in [0.717, 1.165) is 36.5 Å². The molecule has 2 aromatic heterocycles. The number of aromatic nitrogens is 4. The summed E-state index contributed by atoms with van der Waals surface area (Å²) in [6, 6.07) is 8.49. The molecule has 1 unspecified atom stereocenters. The van der Waals surface area contributed by atoms with Gasteiger partial charge in [0.2, 0.25) is 4.77 Å². The monoisotopic (exact) mass is 400 g/mol. The number of hydrogen-bond donors (Lipinski definition) is 1. The van der Waals surface area contributed by atoms with Crippen molar-refractivity contribution in [3.8, 4) is 0 Å². The Morgan fingerprint density at radius 1 is 1.19 bits per heavy atom. The van der Waals surface area contributed by atoms with E-state index in [4.69, 9.17) is 22.3 Å². The van der Waals surface area contributed by atoms with Gasteiger partial charge in [0.15, 0.2) is 6.67 Å². The Labute approximate surface area is 168 Å². The maximum atomic E-state index is 5.75. The molecule has 4 heterocycles. The Hall–Kier alpha value is -1.57. The summed E-state index contributed by atoms with van der Waals surface area (Å²) in [6.45, 7) is 4.26. The molecule has 0 saturated carbocycles. The second kappa shape index (κ2) is 7.45. The van der Waals surface area contributed by atoms with Crippen molar-refractivity contribution >= 4 is 33.8 Å². The first-order valence-electron chi connectivity index (χ1n) is 10.1. The van der Waals surface area contributed by atoms with Crippen LogP contribution in [0.25, 0.3) is 10.2 Å². The third-order valence-electron chi connectivity index (χ3n) is 5.93. The number of piperidine rings is 1. The second-order valence-corrected chi connectivity index (χ2v) is 9.31. The largest absolute Gasteiger partial charge is 0.316 e. The molecule has 0 amide bonds. The molecule has 0 spiro atoms. The number of hydrogen-bond acceptors (Lipinski definition) is 4. The van der Waals surface area contributed by atoms with Gasteiger partial charge in [-0.1, -0.05) is 18.6 Å². The topological polar surface area (TPSA) is 40.1 Å². The Bertz CT molecular complexity index is 968. The van der Waals surface area contributed by atoms with Crippen LogP contribution in [0.2, 0.25) is 0 Å². The predicted octanol–water partition coefficient (Wildman–Crippen LogP) is 3.17. The number of aryl methyl sites for hydroxylation is 1. The molecule has 0 bridgehead atoms. The minimum Gasteiger partial charge on any atom is -0.316 e. The summed E-state index contributed by atoms with van der Waals surface area (Å²) in [6.07, 6.45) is 7.32. The molecular formula is C20H26N5S2+. The van der Waals surface area contributed by atoms with E-state index in [1.54, 1.807) is 4.90 Å². The van der Waals surface area contributed by atoms with Crippen LogP contribution in [0.4, 0.5) is 0 Å². The van der Waals surface area contributed by atoms with Crippen LogP contribution in [0.5, 0.6) is 0 Å². The molecule has 1 fully saturated rings. The molecule has 5 rings (SSSR count). The zero-order chi connectivity index (χ0) is 18.2.